The summed E-state index contributed by atoms with van der Waals surface area (Å²) in [6, 6.07) is 29.5. The van der Waals surface area contributed by atoms with E-state index in [0.717, 1.165) is 18.4 Å². The van der Waals surface area contributed by atoms with Crippen LogP contribution in [0.15, 0.2) is 91.0 Å². The summed E-state index contributed by atoms with van der Waals surface area (Å²) in [5, 5.41) is 0. The number of hydrogen-bond donors (Lipinski definition) is 0. The highest BCUT2D eigenvalue weighted by Crippen LogP contribution is 2.11. The Balaban J connectivity index is 1.58. The average Bonchev–Trinajstić information content (AvgIpc) is 2.89. The van der Waals surface area contributed by atoms with Gasteiger partial charge in [0.15, 0.2) is 6.61 Å². The van der Waals surface area contributed by atoms with Crippen LogP contribution in [-0.2, 0) is 22.6 Å². The fourth-order valence-corrected chi connectivity index (χ4v) is 3.78. The van der Waals surface area contributed by atoms with Gasteiger partial charge in [-0.05, 0) is 36.1 Å². The van der Waals surface area contributed by atoms with Gasteiger partial charge in [-0.1, -0.05) is 85.8 Å². The largest absolute Gasteiger partial charge is 0.484 e. The number of benzene rings is 3. The number of amides is 2. The van der Waals surface area contributed by atoms with Gasteiger partial charge in [0.05, 0.1) is 0 Å². The van der Waals surface area contributed by atoms with E-state index in [9.17, 15) is 9.59 Å². The predicted molar refractivity (Wildman–Crippen MR) is 135 cm³/mol. The summed E-state index contributed by atoms with van der Waals surface area (Å²) in [5.41, 5.74) is 2.30. The standard InChI is InChI=1S/C29H34N2O3/c1-2-20-30(29(33)24-34-27-16-10-5-11-17-27)22-19-28(32)31(23-26-14-8-4-9-15-26)21-18-25-12-6-3-7-13-25/h3-17H,2,18-24H2,1H3. The lowest BCUT2D eigenvalue weighted by Crippen LogP contribution is -2.40. The Bertz CT molecular complexity index is 994. The molecule has 0 saturated carbocycles. The van der Waals surface area contributed by atoms with Gasteiger partial charge in [-0.3, -0.25) is 9.59 Å². The molecule has 0 aliphatic carbocycles. The van der Waals surface area contributed by atoms with Crippen molar-refractivity contribution in [2.24, 2.45) is 0 Å². The normalized spacial score (nSPS) is 10.5. The van der Waals surface area contributed by atoms with Crippen LogP contribution in [0.25, 0.3) is 0 Å². The average molecular weight is 459 g/mol. The molecule has 3 aromatic carbocycles. The zero-order chi connectivity index (χ0) is 24.0. The van der Waals surface area contributed by atoms with E-state index in [2.05, 4.69) is 12.1 Å². The SMILES string of the molecule is CCCN(CCC(=O)N(CCc1ccccc1)Cc1ccccc1)C(=O)COc1ccccc1. The first kappa shape index (κ1) is 25.0. The van der Waals surface area contributed by atoms with E-state index in [-0.39, 0.29) is 18.4 Å². The third kappa shape index (κ3) is 8.39. The Morgan fingerprint density at radius 3 is 1.88 bits per heavy atom. The fourth-order valence-electron chi connectivity index (χ4n) is 3.78. The molecule has 3 aromatic rings. The summed E-state index contributed by atoms with van der Waals surface area (Å²) in [6.07, 6.45) is 1.91. The molecule has 0 radical (unpaired) electrons. The Morgan fingerprint density at radius 2 is 1.26 bits per heavy atom. The van der Waals surface area contributed by atoms with Crippen molar-refractivity contribution in [2.45, 2.75) is 32.7 Å². The number of nitrogens with zero attached hydrogens (tertiary/aromatic N) is 2. The first-order chi connectivity index (χ1) is 16.7. The lowest BCUT2D eigenvalue weighted by atomic mass is 10.1. The van der Waals surface area contributed by atoms with E-state index in [1.807, 2.05) is 90.7 Å². The molecule has 0 atom stereocenters. The molecule has 34 heavy (non-hydrogen) atoms. The summed E-state index contributed by atoms with van der Waals surface area (Å²) in [4.78, 5) is 29.6. The molecular formula is C29H34N2O3. The Hall–Kier alpha value is -3.60. The molecule has 0 bridgehead atoms. The quantitative estimate of drug-likeness (QED) is 0.364. The van der Waals surface area contributed by atoms with Crippen LogP contribution in [-0.4, -0.2) is 47.9 Å². The summed E-state index contributed by atoms with van der Waals surface area (Å²) < 4.78 is 5.63. The molecule has 0 heterocycles. The highest BCUT2D eigenvalue weighted by molar-refractivity contribution is 5.80. The van der Waals surface area contributed by atoms with Crippen molar-refractivity contribution in [1.82, 2.24) is 9.80 Å². The van der Waals surface area contributed by atoms with E-state index in [0.29, 0.717) is 38.3 Å². The topological polar surface area (TPSA) is 49.9 Å². The molecule has 5 heteroatoms. The van der Waals surface area contributed by atoms with Gasteiger partial charge in [-0.15, -0.1) is 0 Å². The summed E-state index contributed by atoms with van der Waals surface area (Å²) in [5.74, 6) is 0.619. The van der Waals surface area contributed by atoms with Gasteiger partial charge in [-0.25, -0.2) is 0 Å². The number of carbonyl (C=O) groups is 2. The molecule has 178 valence electrons. The lowest BCUT2D eigenvalue weighted by molar-refractivity contribution is -0.136. The van der Waals surface area contributed by atoms with Crippen molar-refractivity contribution in [1.29, 1.82) is 0 Å². The van der Waals surface area contributed by atoms with Crippen LogP contribution in [0.1, 0.15) is 30.9 Å². The zero-order valence-electron chi connectivity index (χ0n) is 19.9. The minimum absolute atomic E-state index is 0.0278. The highest BCUT2D eigenvalue weighted by atomic mass is 16.5. The number of hydrogen-bond acceptors (Lipinski definition) is 3. The molecule has 0 aromatic heterocycles. The molecule has 0 unspecified atom stereocenters. The summed E-state index contributed by atoms with van der Waals surface area (Å²) in [7, 11) is 0. The van der Waals surface area contributed by atoms with Crippen LogP contribution in [0.2, 0.25) is 0 Å². The van der Waals surface area contributed by atoms with Crippen LogP contribution in [0.5, 0.6) is 5.75 Å². The first-order valence-corrected chi connectivity index (χ1v) is 12.0. The van der Waals surface area contributed by atoms with E-state index in [1.165, 1.54) is 5.56 Å². The Kier molecular flexibility index (Phi) is 10.2. The second-order valence-electron chi connectivity index (χ2n) is 8.27. The van der Waals surface area contributed by atoms with Gasteiger partial charge in [0.1, 0.15) is 5.75 Å². The van der Waals surface area contributed by atoms with Crippen molar-refractivity contribution in [3.8, 4) is 5.75 Å². The van der Waals surface area contributed by atoms with Crippen LogP contribution in [0.3, 0.4) is 0 Å². The molecule has 0 aliphatic rings. The summed E-state index contributed by atoms with van der Waals surface area (Å²) >= 11 is 0. The van der Waals surface area contributed by atoms with Crippen molar-refractivity contribution < 1.29 is 14.3 Å². The van der Waals surface area contributed by atoms with Gasteiger partial charge < -0.3 is 14.5 Å². The van der Waals surface area contributed by atoms with E-state index in [1.54, 1.807) is 4.90 Å². The minimum Gasteiger partial charge on any atom is -0.484 e. The maximum absolute atomic E-state index is 13.2. The summed E-state index contributed by atoms with van der Waals surface area (Å²) in [6.45, 7) is 4.19. The van der Waals surface area contributed by atoms with Gasteiger partial charge in [0.2, 0.25) is 5.91 Å². The molecular weight excluding hydrogens is 424 g/mol. The van der Waals surface area contributed by atoms with Gasteiger partial charge >= 0.3 is 0 Å². The third-order valence-electron chi connectivity index (χ3n) is 5.63. The van der Waals surface area contributed by atoms with Crippen LogP contribution < -0.4 is 4.74 Å². The maximum atomic E-state index is 13.2. The number of rotatable bonds is 13. The lowest BCUT2D eigenvalue weighted by Gasteiger charge is -2.26. The number of carbonyl (C=O) groups excluding carboxylic acids is 2. The molecule has 5 nitrogen and oxygen atoms in total. The Morgan fingerprint density at radius 1 is 0.676 bits per heavy atom. The molecule has 3 rings (SSSR count). The van der Waals surface area contributed by atoms with Gasteiger partial charge in [0.25, 0.3) is 5.91 Å². The molecule has 0 spiro atoms. The Labute approximate surface area is 203 Å². The van der Waals surface area contributed by atoms with Gasteiger partial charge in [-0.2, -0.15) is 0 Å². The van der Waals surface area contributed by atoms with E-state index < -0.39 is 0 Å². The van der Waals surface area contributed by atoms with Crippen LogP contribution in [0, 0.1) is 0 Å². The minimum atomic E-state index is -0.0996. The number of ether oxygens (including phenoxy) is 1. The molecule has 0 aliphatic heterocycles. The first-order valence-electron chi connectivity index (χ1n) is 12.0. The van der Waals surface area contributed by atoms with Crippen LogP contribution in [0.4, 0.5) is 0 Å². The molecule has 0 fully saturated rings. The second-order valence-corrected chi connectivity index (χ2v) is 8.27. The monoisotopic (exact) mass is 458 g/mol. The number of para-hydroxylation sites is 1. The molecule has 0 saturated heterocycles. The van der Waals surface area contributed by atoms with Gasteiger partial charge in [0, 0.05) is 32.6 Å². The van der Waals surface area contributed by atoms with Crippen molar-refractivity contribution in [3.05, 3.63) is 102 Å². The van der Waals surface area contributed by atoms with Crippen LogP contribution >= 0.6 is 0 Å². The third-order valence-corrected chi connectivity index (χ3v) is 5.63. The fraction of sp³-hybridized carbons (Fsp3) is 0.310. The van der Waals surface area contributed by atoms with Crippen molar-refractivity contribution in [2.75, 3.05) is 26.2 Å². The smallest absolute Gasteiger partial charge is 0.260 e. The zero-order valence-corrected chi connectivity index (χ0v) is 19.9. The highest BCUT2D eigenvalue weighted by Gasteiger charge is 2.19. The van der Waals surface area contributed by atoms with E-state index in [4.69, 9.17) is 4.74 Å². The van der Waals surface area contributed by atoms with Crippen molar-refractivity contribution >= 4 is 11.8 Å². The predicted octanol–water partition coefficient (Wildman–Crippen LogP) is 4.97. The molecule has 2 amide bonds. The molecule has 0 N–H and O–H groups in total. The van der Waals surface area contributed by atoms with E-state index >= 15 is 0 Å². The maximum Gasteiger partial charge on any atom is 0.260 e. The van der Waals surface area contributed by atoms with Crippen molar-refractivity contribution in [3.63, 3.8) is 0 Å². The second kappa shape index (κ2) is 13.8.